The second kappa shape index (κ2) is 7.80. The molecule has 0 aliphatic carbocycles. The van der Waals surface area contributed by atoms with E-state index in [1.165, 1.54) is 5.56 Å². The van der Waals surface area contributed by atoms with Crippen molar-refractivity contribution in [3.8, 4) is 0 Å². The summed E-state index contributed by atoms with van der Waals surface area (Å²) in [4.78, 5) is 6.93. The first-order valence-electron chi connectivity index (χ1n) is 6.54. The highest BCUT2D eigenvalue weighted by Gasteiger charge is 2.16. The van der Waals surface area contributed by atoms with Crippen molar-refractivity contribution in [2.75, 3.05) is 26.4 Å². The Labute approximate surface area is 125 Å². The van der Waals surface area contributed by atoms with E-state index in [2.05, 4.69) is 61.1 Å². The fourth-order valence-corrected chi connectivity index (χ4v) is 2.38. The number of thiophene rings is 1. The van der Waals surface area contributed by atoms with Crippen LogP contribution in [0.25, 0.3) is 0 Å². The van der Waals surface area contributed by atoms with Gasteiger partial charge in [0.2, 0.25) is 0 Å². The highest BCUT2D eigenvalue weighted by Crippen LogP contribution is 2.21. The first-order valence-corrected chi connectivity index (χ1v) is 8.71. The number of hydrogen-bond donors (Lipinski definition) is 1. The summed E-state index contributed by atoms with van der Waals surface area (Å²) in [5.74, 6) is 0.982. The van der Waals surface area contributed by atoms with Gasteiger partial charge < -0.3 is 10.2 Å². The SMILES string of the molecule is CCNC(=NCC(C)(C)SC)N(C)Cc1ccsc1. The molecule has 0 radical (unpaired) electrons. The lowest BCUT2D eigenvalue weighted by Gasteiger charge is -2.24. The lowest BCUT2D eigenvalue weighted by Crippen LogP contribution is -2.39. The highest BCUT2D eigenvalue weighted by atomic mass is 32.2. The van der Waals surface area contributed by atoms with Crippen molar-refractivity contribution in [1.29, 1.82) is 0 Å². The Bertz CT molecular complexity index is 385. The van der Waals surface area contributed by atoms with Crippen LogP contribution in [-0.4, -0.2) is 42.0 Å². The summed E-state index contributed by atoms with van der Waals surface area (Å²) in [6.45, 7) is 9.17. The maximum Gasteiger partial charge on any atom is 0.194 e. The second-order valence-corrected chi connectivity index (χ2v) is 7.42. The van der Waals surface area contributed by atoms with Gasteiger partial charge in [0.1, 0.15) is 0 Å². The third-order valence-electron chi connectivity index (χ3n) is 2.86. The van der Waals surface area contributed by atoms with Crippen molar-refractivity contribution >= 4 is 29.1 Å². The Hall–Kier alpha value is -0.680. The van der Waals surface area contributed by atoms with E-state index >= 15 is 0 Å². The van der Waals surface area contributed by atoms with Gasteiger partial charge in [0.15, 0.2) is 5.96 Å². The third-order valence-corrected chi connectivity index (χ3v) is 4.82. The van der Waals surface area contributed by atoms with E-state index in [1.54, 1.807) is 11.3 Å². The van der Waals surface area contributed by atoms with Gasteiger partial charge in [-0.1, -0.05) is 0 Å². The van der Waals surface area contributed by atoms with Crippen LogP contribution in [0.1, 0.15) is 26.3 Å². The summed E-state index contributed by atoms with van der Waals surface area (Å²) in [5.41, 5.74) is 1.34. The van der Waals surface area contributed by atoms with Gasteiger partial charge in [0.05, 0.1) is 6.54 Å². The molecule has 0 atom stereocenters. The van der Waals surface area contributed by atoms with Gasteiger partial charge in [0.25, 0.3) is 0 Å². The van der Waals surface area contributed by atoms with E-state index in [0.29, 0.717) is 0 Å². The van der Waals surface area contributed by atoms with Gasteiger partial charge in [0, 0.05) is 24.9 Å². The van der Waals surface area contributed by atoms with E-state index in [0.717, 1.165) is 25.6 Å². The molecule has 0 bridgehead atoms. The molecule has 1 N–H and O–H groups in total. The van der Waals surface area contributed by atoms with Crippen molar-refractivity contribution in [1.82, 2.24) is 10.2 Å². The minimum absolute atomic E-state index is 0.184. The van der Waals surface area contributed by atoms with Crippen molar-refractivity contribution in [2.24, 2.45) is 4.99 Å². The number of rotatable bonds is 6. The average Bonchev–Trinajstić information content (AvgIpc) is 2.87. The first-order chi connectivity index (χ1) is 8.98. The lowest BCUT2D eigenvalue weighted by atomic mass is 10.2. The Morgan fingerprint density at radius 2 is 2.26 bits per heavy atom. The van der Waals surface area contributed by atoms with E-state index in [4.69, 9.17) is 4.99 Å². The zero-order valence-corrected chi connectivity index (χ0v) is 14.2. The number of aliphatic imine (C=N–C) groups is 1. The molecular weight excluding hydrogens is 274 g/mol. The van der Waals surface area contributed by atoms with Crippen LogP contribution in [0.3, 0.4) is 0 Å². The fraction of sp³-hybridized carbons (Fsp3) is 0.643. The lowest BCUT2D eigenvalue weighted by molar-refractivity contribution is 0.476. The smallest absolute Gasteiger partial charge is 0.194 e. The third kappa shape index (κ3) is 5.87. The largest absolute Gasteiger partial charge is 0.357 e. The molecule has 108 valence electrons. The molecule has 0 saturated heterocycles. The normalized spacial score (nSPS) is 12.6. The minimum Gasteiger partial charge on any atom is -0.357 e. The van der Waals surface area contributed by atoms with E-state index in [-0.39, 0.29) is 4.75 Å². The Kier molecular flexibility index (Phi) is 6.72. The first kappa shape index (κ1) is 16.4. The van der Waals surface area contributed by atoms with Crippen LogP contribution in [0.2, 0.25) is 0 Å². The van der Waals surface area contributed by atoms with Crippen LogP contribution < -0.4 is 5.32 Å². The van der Waals surface area contributed by atoms with Gasteiger partial charge in [-0.15, -0.1) is 0 Å². The molecular formula is C14H25N3S2. The van der Waals surface area contributed by atoms with Gasteiger partial charge in [-0.3, -0.25) is 4.99 Å². The summed E-state index contributed by atoms with van der Waals surface area (Å²) >= 11 is 3.59. The quantitative estimate of drug-likeness (QED) is 0.645. The van der Waals surface area contributed by atoms with Crippen molar-refractivity contribution < 1.29 is 0 Å². The van der Waals surface area contributed by atoms with E-state index in [9.17, 15) is 0 Å². The molecule has 19 heavy (non-hydrogen) atoms. The topological polar surface area (TPSA) is 27.6 Å². The van der Waals surface area contributed by atoms with E-state index in [1.807, 2.05) is 11.8 Å². The molecule has 0 saturated carbocycles. The molecule has 0 unspecified atom stereocenters. The van der Waals surface area contributed by atoms with Crippen LogP contribution in [0.4, 0.5) is 0 Å². The fourth-order valence-electron chi connectivity index (χ4n) is 1.53. The summed E-state index contributed by atoms with van der Waals surface area (Å²) < 4.78 is 0.184. The van der Waals surface area contributed by atoms with Gasteiger partial charge in [-0.25, -0.2) is 0 Å². The second-order valence-electron chi connectivity index (χ2n) is 5.12. The molecule has 3 nitrogen and oxygen atoms in total. The maximum absolute atomic E-state index is 4.75. The van der Waals surface area contributed by atoms with E-state index < -0.39 is 0 Å². The predicted octanol–water partition coefficient (Wildman–Crippen LogP) is 3.29. The van der Waals surface area contributed by atoms with Crippen LogP contribution in [-0.2, 0) is 6.54 Å². The zero-order chi connectivity index (χ0) is 14.3. The molecule has 1 aromatic heterocycles. The molecule has 1 heterocycles. The highest BCUT2D eigenvalue weighted by molar-refractivity contribution is 7.99. The van der Waals surface area contributed by atoms with Gasteiger partial charge >= 0.3 is 0 Å². The van der Waals surface area contributed by atoms with Crippen molar-refractivity contribution in [2.45, 2.75) is 32.1 Å². The Morgan fingerprint density at radius 3 is 2.79 bits per heavy atom. The average molecular weight is 300 g/mol. The molecule has 1 aromatic rings. The van der Waals surface area contributed by atoms with Crippen LogP contribution in [0.5, 0.6) is 0 Å². The maximum atomic E-state index is 4.75. The Balaban J connectivity index is 2.67. The standard InChI is InChI=1S/C14H25N3S2/c1-6-15-13(16-11-14(2,3)18-5)17(4)9-12-7-8-19-10-12/h7-8,10H,6,9,11H2,1-5H3,(H,15,16). The van der Waals surface area contributed by atoms with Crippen LogP contribution in [0, 0.1) is 0 Å². The molecule has 1 rings (SSSR count). The molecule has 0 fully saturated rings. The molecule has 0 aliphatic heterocycles. The zero-order valence-electron chi connectivity index (χ0n) is 12.6. The summed E-state index contributed by atoms with van der Waals surface area (Å²) in [6.07, 6.45) is 2.14. The van der Waals surface area contributed by atoms with Crippen molar-refractivity contribution in [3.63, 3.8) is 0 Å². The Morgan fingerprint density at radius 1 is 1.53 bits per heavy atom. The van der Waals surface area contributed by atoms with Gasteiger partial charge in [-0.2, -0.15) is 23.1 Å². The number of hydrogen-bond acceptors (Lipinski definition) is 3. The number of thioether (sulfide) groups is 1. The summed E-state index contributed by atoms with van der Waals surface area (Å²) in [5, 5.41) is 7.66. The number of nitrogens with zero attached hydrogens (tertiary/aromatic N) is 2. The molecule has 5 heteroatoms. The molecule has 0 aromatic carbocycles. The molecule has 0 amide bonds. The van der Waals surface area contributed by atoms with Gasteiger partial charge in [-0.05, 0) is 49.4 Å². The van der Waals surface area contributed by atoms with Crippen LogP contribution >= 0.6 is 23.1 Å². The minimum atomic E-state index is 0.184. The molecule has 0 spiro atoms. The number of guanidine groups is 1. The van der Waals surface area contributed by atoms with Crippen molar-refractivity contribution in [3.05, 3.63) is 22.4 Å². The summed E-state index contributed by atoms with van der Waals surface area (Å²) in [7, 11) is 2.09. The predicted molar refractivity (Wildman–Crippen MR) is 89.4 cm³/mol. The number of nitrogens with one attached hydrogen (secondary N) is 1. The monoisotopic (exact) mass is 299 g/mol. The summed E-state index contributed by atoms with van der Waals surface area (Å²) in [6, 6.07) is 2.16. The van der Waals surface area contributed by atoms with Crippen LogP contribution in [0.15, 0.2) is 21.8 Å². The molecule has 0 aliphatic rings.